The van der Waals surface area contributed by atoms with Gasteiger partial charge in [-0.3, -0.25) is 0 Å². The van der Waals surface area contributed by atoms with E-state index in [-0.39, 0.29) is 5.82 Å². The molecule has 1 aromatic rings. The number of benzene rings is 1. The van der Waals surface area contributed by atoms with Crippen LogP contribution in [0.2, 0.25) is 0 Å². The molecule has 0 saturated heterocycles. The SMILES string of the molecule is CCOc1ccc([C@H]2CC[C@H](CCCBr)CC2)cc1F. The van der Waals surface area contributed by atoms with Gasteiger partial charge in [0.25, 0.3) is 0 Å². The number of halogens is 2. The molecule has 0 unspecified atom stereocenters. The quantitative estimate of drug-likeness (QED) is 0.605. The van der Waals surface area contributed by atoms with Crippen LogP contribution in [0.3, 0.4) is 0 Å². The number of rotatable bonds is 6. The zero-order valence-corrected chi connectivity index (χ0v) is 13.8. The van der Waals surface area contributed by atoms with E-state index in [1.54, 1.807) is 12.1 Å². The Labute approximate surface area is 130 Å². The van der Waals surface area contributed by atoms with Crippen LogP contribution in [0, 0.1) is 11.7 Å². The van der Waals surface area contributed by atoms with Crippen LogP contribution in [0.15, 0.2) is 18.2 Å². The van der Waals surface area contributed by atoms with Gasteiger partial charge >= 0.3 is 0 Å². The third-order valence-electron chi connectivity index (χ3n) is 4.32. The van der Waals surface area contributed by atoms with Gasteiger partial charge in [0, 0.05) is 5.33 Å². The summed E-state index contributed by atoms with van der Waals surface area (Å²) in [5.74, 6) is 1.56. The molecule has 0 atom stereocenters. The van der Waals surface area contributed by atoms with Crippen molar-refractivity contribution in [3.8, 4) is 5.75 Å². The summed E-state index contributed by atoms with van der Waals surface area (Å²) in [6.45, 7) is 2.39. The smallest absolute Gasteiger partial charge is 0.165 e. The molecule has 2 rings (SSSR count). The van der Waals surface area contributed by atoms with Crippen molar-refractivity contribution in [2.45, 2.75) is 51.4 Å². The van der Waals surface area contributed by atoms with Crippen molar-refractivity contribution in [1.82, 2.24) is 0 Å². The second kappa shape index (κ2) is 8.02. The van der Waals surface area contributed by atoms with E-state index in [0.717, 1.165) is 16.8 Å². The van der Waals surface area contributed by atoms with E-state index >= 15 is 0 Å². The van der Waals surface area contributed by atoms with Crippen LogP contribution in [0.25, 0.3) is 0 Å². The third kappa shape index (κ3) is 4.21. The third-order valence-corrected chi connectivity index (χ3v) is 4.88. The molecule has 20 heavy (non-hydrogen) atoms. The summed E-state index contributed by atoms with van der Waals surface area (Å²) in [5, 5.41) is 1.11. The van der Waals surface area contributed by atoms with E-state index in [0.29, 0.717) is 18.3 Å². The Morgan fingerprint density at radius 2 is 2.00 bits per heavy atom. The number of alkyl halides is 1. The molecule has 112 valence electrons. The fourth-order valence-electron chi connectivity index (χ4n) is 3.19. The van der Waals surface area contributed by atoms with E-state index in [9.17, 15) is 4.39 Å². The van der Waals surface area contributed by atoms with Gasteiger partial charge in [0.15, 0.2) is 11.6 Å². The van der Waals surface area contributed by atoms with Gasteiger partial charge in [-0.1, -0.05) is 22.0 Å². The first kappa shape index (κ1) is 15.8. The minimum Gasteiger partial charge on any atom is -0.491 e. The van der Waals surface area contributed by atoms with Gasteiger partial charge in [-0.2, -0.15) is 0 Å². The van der Waals surface area contributed by atoms with Gasteiger partial charge in [-0.25, -0.2) is 4.39 Å². The molecule has 1 nitrogen and oxygen atoms in total. The van der Waals surface area contributed by atoms with Crippen LogP contribution in [0.4, 0.5) is 4.39 Å². The average molecular weight is 343 g/mol. The Kier molecular flexibility index (Phi) is 6.34. The van der Waals surface area contributed by atoms with Crippen molar-refractivity contribution in [2.75, 3.05) is 11.9 Å². The fraction of sp³-hybridized carbons (Fsp3) is 0.647. The minimum atomic E-state index is -0.217. The molecule has 0 aromatic heterocycles. The van der Waals surface area contributed by atoms with Crippen LogP contribution < -0.4 is 4.74 Å². The van der Waals surface area contributed by atoms with E-state index in [4.69, 9.17) is 4.74 Å². The maximum atomic E-state index is 13.9. The molecule has 0 spiro atoms. The first-order valence-electron chi connectivity index (χ1n) is 7.72. The Bertz CT molecular complexity index is 413. The molecule has 3 heteroatoms. The molecular weight excluding hydrogens is 319 g/mol. The highest BCUT2D eigenvalue weighted by Gasteiger charge is 2.22. The Hall–Kier alpha value is -0.570. The summed E-state index contributed by atoms with van der Waals surface area (Å²) in [7, 11) is 0. The summed E-state index contributed by atoms with van der Waals surface area (Å²) in [4.78, 5) is 0. The standard InChI is InChI=1S/C17H24BrFO/c1-2-20-17-10-9-15(12-16(17)19)14-7-5-13(6-8-14)4-3-11-18/h9-10,12-14H,2-8,11H2,1H3/t13-,14-. The molecule has 1 aliphatic rings. The Morgan fingerprint density at radius 1 is 1.25 bits per heavy atom. The predicted octanol–water partition coefficient (Wildman–Crippen LogP) is 5.67. The van der Waals surface area contributed by atoms with Crippen LogP contribution in [-0.4, -0.2) is 11.9 Å². The average Bonchev–Trinajstić information content (AvgIpc) is 2.48. The van der Waals surface area contributed by atoms with Gasteiger partial charge < -0.3 is 4.74 Å². The summed E-state index contributed by atoms with van der Waals surface area (Å²) in [6.07, 6.45) is 7.56. The normalized spacial score (nSPS) is 22.8. The van der Waals surface area contributed by atoms with E-state index < -0.39 is 0 Å². The molecule has 0 radical (unpaired) electrons. The Balaban J connectivity index is 1.91. The van der Waals surface area contributed by atoms with Crippen molar-refractivity contribution >= 4 is 15.9 Å². The second-order valence-corrected chi connectivity index (χ2v) is 6.46. The van der Waals surface area contributed by atoms with Gasteiger partial charge in [0.2, 0.25) is 0 Å². The van der Waals surface area contributed by atoms with Crippen LogP contribution >= 0.6 is 15.9 Å². The lowest BCUT2D eigenvalue weighted by Crippen LogP contribution is -2.13. The van der Waals surface area contributed by atoms with Crippen molar-refractivity contribution in [3.63, 3.8) is 0 Å². The van der Waals surface area contributed by atoms with E-state index in [1.807, 2.05) is 13.0 Å². The van der Waals surface area contributed by atoms with Crippen molar-refractivity contribution in [3.05, 3.63) is 29.6 Å². The fourth-order valence-corrected chi connectivity index (χ4v) is 3.52. The lowest BCUT2D eigenvalue weighted by atomic mass is 9.77. The van der Waals surface area contributed by atoms with Crippen LogP contribution in [0.5, 0.6) is 5.75 Å². The van der Waals surface area contributed by atoms with E-state index in [1.165, 1.54) is 38.5 Å². The maximum Gasteiger partial charge on any atom is 0.165 e. The summed E-state index contributed by atoms with van der Waals surface area (Å²) in [6, 6.07) is 5.50. The summed E-state index contributed by atoms with van der Waals surface area (Å²) >= 11 is 3.50. The lowest BCUT2D eigenvalue weighted by Gasteiger charge is -2.28. The zero-order chi connectivity index (χ0) is 14.4. The van der Waals surface area contributed by atoms with Crippen LogP contribution in [-0.2, 0) is 0 Å². The second-order valence-electron chi connectivity index (χ2n) is 5.67. The van der Waals surface area contributed by atoms with Gasteiger partial charge in [-0.15, -0.1) is 0 Å². The zero-order valence-electron chi connectivity index (χ0n) is 12.2. The Morgan fingerprint density at radius 3 is 2.60 bits per heavy atom. The number of ether oxygens (including phenoxy) is 1. The number of hydrogen-bond acceptors (Lipinski definition) is 1. The van der Waals surface area contributed by atoms with E-state index in [2.05, 4.69) is 15.9 Å². The van der Waals surface area contributed by atoms with Crippen LogP contribution in [0.1, 0.15) is 56.9 Å². The highest BCUT2D eigenvalue weighted by atomic mass is 79.9. The van der Waals surface area contributed by atoms with Crippen molar-refractivity contribution in [2.24, 2.45) is 5.92 Å². The molecule has 0 N–H and O–H groups in total. The van der Waals surface area contributed by atoms with Gasteiger partial charge in [-0.05, 0) is 75.0 Å². The summed E-state index contributed by atoms with van der Waals surface area (Å²) < 4.78 is 19.2. The highest BCUT2D eigenvalue weighted by Crippen LogP contribution is 2.38. The van der Waals surface area contributed by atoms with Gasteiger partial charge in [0.1, 0.15) is 0 Å². The molecule has 0 heterocycles. The number of hydrogen-bond donors (Lipinski definition) is 0. The molecule has 0 aliphatic heterocycles. The first-order chi connectivity index (χ1) is 9.74. The van der Waals surface area contributed by atoms with Crippen molar-refractivity contribution < 1.29 is 9.13 Å². The molecule has 0 amide bonds. The summed E-state index contributed by atoms with van der Waals surface area (Å²) in [5.41, 5.74) is 1.14. The molecule has 1 aliphatic carbocycles. The molecule has 1 fully saturated rings. The minimum absolute atomic E-state index is 0.217. The highest BCUT2D eigenvalue weighted by molar-refractivity contribution is 9.09. The monoisotopic (exact) mass is 342 g/mol. The largest absolute Gasteiger partial charge is 0.491 e. The maximum absolute atomic E-state index is 13.9. The van der Waals surface area contributed by atoms with Gasteiger partial charge in [0.05, 0.1) is 6.61 Å². The first-order valence-corrected chi connectivity index (χ1v) is 8.85. The molecular formula is C17H24BrFO. The predicted molar refractivity (Wildman–Crippen MR) is 85.3 cm³/mol. The topological polar surface area (TPSA) is 9.23 Å². The lowest BCUT2D eigenvalue weighted by molar-refractivity contribution is 0.306. The molecule has 0 bridgehead atoms. The molecule has 1 saturated carbocycles. The molecule has 1 aromatic carbocycles. The van der Waals surface area contributed by atoms with Crippen molar-refractivity contribution in [1.29, 1.82) is 0 Å².